The second kappa shape index (κ2) is 5.87. The topological polar surface area (TPSA) is 15.3 Å². The molecule has 0 radical (unpaired) electrons. The van der Waals surface area contributed by atoms with Gasteiger partial charge in [0.2, 0.25) is 0 Å². The molecule has 110 valence electrons. The van der Waals surface area contributed by atoms with Crippen molar-refractivity contribution in [3.05, 3.63) is 35.9 Å². The predicted octanol–water partition coefficient (Wildman–Crippen LogP) is 3.04. The average molecular weight is 272 g/mol. The van der Waals surface area contributed by atoms with E-state index in [1.54, 1.807) is 5.56 Å². The van der Waals surface area contributed by atoms with E-state index >= 15 is 0 Å². The zero-order valence-electron chi connectivity index (χ0n) is 12.9. The van der Waals surface area contributed by atoms with E-state index in [4.69, 9.17) is 0 Å². The van der Waals surface area contributed by atoms with Crippen molar-refractivity contribution in [1.29, 1.82) is 0 Å². The van der Waals surface area contributed by atoms with Crippen molar-refractivity contribution < 1.29 is 0 Å². The molecule has 2 aliphatic heterocycles. The molecule has 1 N–H and O–H groups in total. The average Bonchev–Trinajstić information content (AvgIpc) is 2.79. The highest BCUT2D eigenvalue weighted by atomic mass is 15.2. The molecule has 0 saturated carbocycles. The number of rotatable bonds is 3. The SMILES string of the molecule is CC1CC(C)N(CC2(c3ccccc3)CCNCC2)C1. The summed E-state index contributed by atoms with van der Waals surface area (Å²) in [6.45, 7) is 9.64. The van der Waals surface area contributed by atoms with Crippen molar-refractivity contribution in [2.45, 2.75) is 44.6 Å². The Balaban J connectivity index is 1.83. The van der Waals surface area contributed by atoms with Crippen LogP contribution in [0.15, 0.2) is 30.3 Å². The first-order valence-electron chi connectivity index (χ1n) is 8.20. The first-order valence-corrected chi connectivity index (χ1v) is 8.20. The molecule has 2 nitrogen and oxygen atoms in total. The van der Waals surface area contributed by atoms with Gasteiger partial charge in [0.15, 0.2) is 0 Å². The van der Waals surface area contributed by atoms with E-state index in [1.807, 2.05) is 0 Å². The quantitative estimate of drug-likeness (QED) is 0.910. The number of benzene rings is 1. The minimum Gasteiger partial charge on any atom is -0.317 e. The van der Waals surface area contributed by atoms with Crippen molar-refractivity contribution in [2.24, 2.45) is 5.92 Å². The van der Waals surface area contributed by atoms with Crippen LogP contribution < -0.4 is 5.32 Å². The van der Waals surface area contributed by atoms with Gasteiger partial charge in [-0.05, 0) is 50.8 Å². The Morgan fingerprint density at radius 2 is 1.85 bits per heavy atom. The Morgan fingerprint density at radius 1 is 1.15 bits per heavy atom. The normalized spacial score (nSPS) is 30.5. The molecule has 2 fully saturated rings. The van der Waals surface area contributed by atoms with Gasteiger partial charge in [-0.1, -0.05) is 37.3 Å². The first kappa shape index (κ1) is 14.1. The monoisotopic (exact) mass is 272 g/mol. The largest absolute Gasteiger partial charge is 0.317 e. The van der Waals surface area contributed by atoms with Crippen LogP contribution in [0.5, 0.6) is 0 Å². The first-order chi connectivity index (χ1) is 9.70. The lowest BCUT2D eigenvalue weighted by Gasteiger charge is -2.42. The summed E-state index contributed by atoms with van der Waals surface area (Å²) in [5.74, 6) is 0.861. The van der Waals surface area contributed by atoms with Crippen LogP contribution in [-0.4, -0.2) is 37.1 Å². The molecule has 0 amide bonds. The number of nitrogens with one attached hydrogen (secondary N) is 1. The van der Waals surface area contributed by atoms with Crippen molar-refractivity contribution in [2.75, 3.05) is 26.2 Å². The Labute approximate surface area is 123 Å². The van der Waals surface area contributed by atoms with Gasteiger partial charge in [0.1, 0.15) is 0 Å². The summed E-state index contributed by atoms with van der Waals surface area (Å²) in [5, 5.41) is 3.54. The van der Waals surface area contributed by atoms with Crippen molar-refractivity contribution >= 4 is 0 Å². The minimum absolute atomic E-state index is 0.366. The highest BCUT2D eigenvalue weighted by molar-refractivity contribution is 5.27. The molecule has 0 spiro atoms. The molecule has 0 bridgehead atoms. The van der Waals surface area contributed by atoms with Crippen molar-refractivity contribution in [3.8, 4) is 0 Å². The molecule has 0 aromatic heterocycles. The van der Waals surface area contributed by atoms with E-state index in [-0.39, 0.29) is 0 Å². The fourth-order valence-corrected chi connectivity index (χ4v) is 4.23. The zero-order valence-corrected chi connectivity index (χ0v) is 12.9. The Kier molecular flexibility index (Phi) is 4.13. The van der Waals surface area contributed by atoms with E-state index in [9.17, 15) is 0 Å². The van der Waals surface area contributed by atoms with Crippen LogP contribution in [0.4, 0.5) is 0 Å². The van der Waals surface area contributed by atoms with Gasteiger partial charge < -0.3 is 5.32 Å². The highest BCUT2D eigenvalue weighted by Crippen LogP contribution is 2.36. The number of piperidine rings is 1. The molecule has 2 heterocycles. The van der Waals surface area contributed by atoms with Gasteiger partial charge in [-0.25, -0.2) is 0 Å². The number of hydrogen-bond acceptors (Lipinski definition) is 2. The highest BCUT2D eigenvalue weighted by Gasteiger charge is 2.38. The molecule has 1 aromatic rings. The molecule has 2 unspecified atom stereocenters. The maximum atomic E-state index is 3.54. The van der Waals surface area contributed by atoms with Gasteiger partial charge in [-0.15, -0.1) is 0 Å². The van der Waals surface area contributed by atoms with Crippen LogP contribution in [0.2, 0.25) is 0 Å². The summed E-state index contributed by atoms with van der Waals surface area (Å²) < 4.78 is 0. The summed E-state index contributed by atoms with van der Waals surface area (Å²) in [5.41, 5.74) is 1.92. The number of nitrogens with zero attached hydrogens (tertiary/aromatic N) is 1. The third-order valence-electron chi connectivity index (χ3n) is 5.37. The van der Waals surface area contributed by atoms with Gasteiger partial charge in [-0.2, -0.15) is 0 Å². The van der Waals surface area contributed by atoms with Crippen LogP contribution in [0.25, 0.3) is 0 Å². The Bertz CT molecular complexity index is 422. The fraction of sp³-hybridized carbons (Fsp3) is 0.667. The van der Waals surface area contributed by atoms with E-state index in [0.717, 1.165) is 25.0 Å². The zero-order chi connectivity index (χ0) is 14.0. The molecule has 3 rings (SSSR count). The Morgan fingerprint density at radius 3 is 2.45 bits per heavy atom. The minimum atomic E-state index is 0.366. The molecule has 0 aliphatic carbocycles. The molecule has 2 saturated heterocycles. The summed E-state index contributed by atoms with van der Waals surface area (Å²) in [6.07, 6.45) is 3.91. The van der Waals surface area contributed by atoms with Gasteiger partial charge in [-0.3, -0.25) is 4.90 Å². The van der Waals surface area contributed by atoms with Gasteiger partial charge in [0.05, 0.1) is 0 Å². The molecule has 2 atom stereocenters. The van der Waals surface area contributed by atoms with E-state index in [0.29, 0.717) is 5.41 Å². The summed E-state index contributed by atoms with van der Waals surface area (Å²) >= 11 is 0. The second-order valence-electron chi connectivity index (χ2n) is 7.02. The van der Waals surface area contributed by atoms with Gasteiger partial charge in [0, 0.05) is 24.5 Å². The molecule has 1 aromatic carbocycles. The standard InChI is InChI=1S/C18H28N2/c1-15-12-16(2)20(13-15)14-18(8-10-19-11-9-18)17-6-4-3-5-7-17/h3-7,15-16,19H,8-14H2,1-2H3. The summed E-state index contributed by atoms with van der Waals surface area (Å²) in [4.78, 5) is 2.74. The van der Waals surface area contributed by atoms with Crippen LogP contribution in [-0.2, 0) is 5.41 Å². The summed E-state index contributed by atoms with van der Waals surface area (Å²) in [6, 6.07) is 12.0. The van der Waals surface area contributed by atoms with Crippen LogP contribution in [0.1, 0.15) is 38.7 Å². The predicted molar refractivity (Wildman–Crippen MR) is 85.0 cm³/mol. The maximum absolute atomic E-state index is 3.54. The fourth-order valence-electron chi connectivity index (χ4n) is 4.23. The lowest BCUT2D eigenvalue weighted by molar-refractivity contribution is 0.167. The molecule has 2 heteroatoms. The maximum Gasteiger partial charge on any atom is 0.0104 e. The lowest BCUT2D eigenvalue weighted by Crippen LogP contribution is -2.48. The summed E-state index contributed by atoms with van der Waals surface area (Å²) in [7, 11) is 0. The second-order valence-corrected chi connectivity index (χ2v) is 7.02. The van der Waals surface area contributed by atoms with Crippen molar-refractivity contribution in [1.82, 2.24) is 10.2 Å². The van der Waals surface area contributed by atoms with E-state index < -0.39 is 0 Å². The molecule has 2 aliphatic rings. The molecular formula is C18H28N2. The number of likely N-dealkylation sites (tertiary alicyclic amines) is 1. The van der Waals surface area contributed by atoms with Crippen LogP contribution in [0, 0.1) is 5.92 Å². The van der Waals surface area contributed by atoms with Crippen LogP contribution >= 0.6 is 0 Å². The third-order valence-corrected chi connectivity index (χ3v) is 5.37. The smallest absolute Gasteiger partial charge is 0.0104 e. The van der Waals surface area contributed by atoms with Gasteiger partial charge >= 0.3 is 0 Å². The van der Waals surface area contributed by atoms with Crippen molar-refractivity contribution in [3.63, 3.8) is 0 Å². The third kappa shape index (κ3) is 2.77. The molecular weight excluding hydrogens is 244 g/mol. The van der Waals surface area contributed by atoms with E-state index in [2.05, 4.69) is 54.4 Å². The Hall–Kier alpha value is -0.860. The molecule has 20 heavy (non-hydrogen) atoms. The number of hydrogen-bond donors (Lipinski definition) is 1. The van der Waals surface area contributed by atoms with Gasteiger partial charge in [0.25, 0.3) is 0 Å². The lowest BCUT2D eigenvalue weighted by atomic mass is 9.72. The van der Waals surface area contributed by atoms with E-state index in [1.165, 1.54) is 32.4 Å². The van der Waals surface area contributed by atoms with Crippen LogP contribution in [0.3, 0.4) is 0 Å².